The van der Waals surface area contributed by atoms with Gasteiger partial charge in [0.05, 0.1) is 20.3 Å². The highest BCUT2D eigenvalue weighted by atomic mass is 79.9. The van der Waals surface area contributed by atoms with Crippen LogP contribution in [0.15, 0.2) is 48.5 Å². The third-order valence-electron chi connectivity index (χ3n) is 5.23. The Kier molecular flexibility index (Phi) is 6.14. The first-order valence-electron chi connectivity index (χ1n) is 9.13. The number of anilines is 2. The third-order valence-corrected chi connectivity index (χ3v) is 5.23. The number of fused-ring (bicyclic) bond motifs is 1. The number of carbonyl (C=O) groups is 2. The summed E-state index contributed by atoms with van der Waals surface area (Å²) < 4.78 is 6.41. The summed E-state index contributed by atoms with van der Waals surface area (Å²) >= 11 is 0. The van der Waals surface area contributed by atoms with Gasteiger partial charge in [0, 0.05) is 17.3 Å². The van der Waals surface area contributed by atoms with Crippen LogP contribution in [0.1, 0.15) is 5.56 Å². The molecule has 148 valence electrons. The summed E-state index contributed by atoms with van der Waals surface area (Å²) in [5.74, 6) is 0. The van der Waals surface area contributed by atoms with E-state index in [1.54, 1.807) is 12.1 Å². The lowest BCUT2D eigenvalue weighted by molar-refractivity contribution is -0.929. The van der Waals surface area contributed by atoms with Crippen LogP contribution in [0.25, 0.3) is 0 Å². The standard InChI is InChI=1S/C20H22N4O3.BrH/c1-24(10-12-27-13-11-24)14-15-6-8-16(9-7-15)21-19(25)23-18-5-3-2-4-17(18)22-20(23)26;/h2-9H,10-14H2,1H3,(H-,21,22,25,26);1H/p+1. The topological polar surface area (TPSA) is 71.9 Å². The number of morpholine rings is 1. The molecule has 2 aromatic carbocycles. The molecule has 0 saturated carbocycles. The van der Waals surface area contributed by atoms with Crippen LogP contribution in [0.5, 0.6) is 0 Å². The van der Waals surface area contributed by atoms with E-state index in [1.807, 2.05) is 36.4 Å². The molecule has 0 bridgehead atoms. The number of urea groups is 2. The molecule has 4 rings (SSSR count). The Morgan fingerprint density at radius 3 is 2.54 bits per heavy atom. The highest BCUT2D eigenvalue weighted by Gasteiger charge is 2.39. The second-order valence-electron chi connectivity index (χ2n) is 7.36. The highest BCUT2D eigenvalue weighted by molar-refractivity contribution is 6.02. The quantitative estimate of drug-likeness (QED) is 0.526. The smallest absolute Gasteiger partial charge is 0.433 e. The molecule has 2 aromatic rings. The summed E-state index contributed by atoms with van der Waals surface area (Å²) in [7, 11) is 2.24. The number of hydrogen-bond donors (Lipinski definition) is 3. The van der Waals surface area contributed by atoms with E-state index in [9.17, 15) is 9.59 Å². The minimum absolute atomic E-state index is 0. The average Bonchev–Trinajstić information content (AvgIpc) is 2.99. The van der Waals surface area contributed by atoms with Crippen molar-refractivity contribution in [3.8, 4) is 0 Å². The maximum absolute atomic E-state index is 12.6. The van der Waals surface area contributed by atoms with E-state index in [1.165, 1.54) is 5.56 Å². The van der Waals surface area contributed by atoms with Crippen LogP contribution in [0, 0.1) is 0 Å². The Bertz CT molecular complexity index is 866. The van der Waals surface area contributed by atoms with Gasteiger partial charge >= 0.3 is 12.1 Å². The second kappa shape index (κ2) is 8.40. The Labute approximate surface area is 174 Å². The van der Waals surface area contributed by atoms with E-state index < -0.39 is 6.03 Å². The van der Waals surface area contributed by atoms with Crippen molar-refractivity contribution in [3.05, 3.63) is 54.1 Å². The first-order chi connectivity index (χ1) is 13.0. The zero-order chi connectivity index (χ0) is 18.9. The van der Waals surface area contributed by atoms with Gasteiger partial charge in [0.1, 0.15) is 25.3 Å². The molecular formula is C20H24BrN4O3+. The number of nitrogens with zero attached hydrogens (tertiary/aromatic N) is 1. The molecule has 0 spiro atoms. The minimum atomic E-state index is -0.391. The third kappa shape index (κ3) is 4.25. The monoisotopic (exact) mass is 447 g/mol. The fraction of sp³-hybridized carbons (Fsp3) is 0.300. The fourth-order valence-corrected chi connectivity index (χ4v) is 3.61. The normalized spacial score (nSPS) is 19.9. The van der Waals surface area contributed by atoms with Crippen molar-refractivity contribution in [2.75, 3.05) is 44.0 Å². The molecular weight excluding hydrogens is 424 g/mol. The van der Waals surface area contributed by atoms with E-state index >= 15 is 0 Å². The predicted octanol–water partition coefficient (Wildman–Crippen LogP) is -1.04. The molecule has 0 aromatic heterocycles. The Hall–Kier alpha value is -2.26. The molecule has 1 fully saturated rings. The van der Waals surface area contributed by atoms with Crippen molar-refractivity contribution in [1.82, 2.24) is 0 Å². The molecule has 4 amide bonds. The maximum Gasteiger partial charge on any atom is 0.433 e. The van der Waals surface area contributed by atoms with Crippen molar-refractivity contribution in [2.45, 2.75) is 6.54 Å². The van der Waals surface area contributed by atoms with Crippen molar-refractivity contribution in [3.63, 3.8) is 0 Å². The molecule has 1 saturated heterocycles. The van der Waals surface area contributed by atoms with E-state index in [0.717, 1.165) is 37.3 Å². The summed E-state index contributed by atoms with van der Waals surface area (Å²) in [6.45, 7) is 4.54. The number of likely N-dealkylation sites (N-methyl/N-ethyl adjacent to an activating group) is 1. The molecule has 2 aliphatic rings. The Morgan fingerprint density at radius 1 is 1.14 bits per heavy atom. The van der Waals surface area contributed by atoms with Crippen molar-refractivity contribution in [2.24, 2.45) is 0 Å². The summed E-state index contributed by atoms with van der Waals surface area (Å²) in [5.41, 5.74) is 3.21. The number of hydrogen-bond acceptors (Lipinski definition) is 3. The fourth-order valence-electron chi connectivity index (χ4n) is 3.61. The van der Waals surface area contributed by atoms with Crippen LogP contribution < -0.4 is 32.5 Å². The molecule has 2 aliphatic heterocycles. The van der Waals surface area contributed by atoms with Gasteiger partial charge < -0.3 is 26.2 Å². The highest BCUT2D eigenvalue weighted by Crippen LogP contribution is 2.21. The first-order valence-corrected chi connectivity index (χ1v) is 9.13. The Balaban J connectivity index is 0.00000225. The molecule has 3 N–H and O–H groups in total. The van der Waals surface area contributed by atoms with Crippen LogP contribution in [-0.2, 0) is 11.3 Å². The van der Waals surface area contributed by atoms with Gasteiger partial charge in [-0.2, -0.15) is 0 Å². The number of imide groups is 1. The van der Waals surface area contributed by atoms with Crippen LogP contribution in [0.2, 0.25) is 0 Å². The summed E-state index contributed by atoms with van der Waals surface area (Å²) in [4.78, 5) is 24.9. The molecule has 28 heavy (non-hydrogen) atoms. The van der Waals surface area contributed by atoms with Gasteiger partial charge in [-0.25, -0.2) is 9.59 Å². The summed E-state index contributed by atoms with van der Waals surface area (Å²) in [5, 5.41) is 5.56. The van der Waals surface area contributed by atoms with Crippen molar-refractivity contribution in [1.29, 1.82) is 0 Å². The van der Waals surface area contributed by atoms with Gasteiger partial charge in [-0.3, -0.25) is 10.6 Å². The van der Waals surface area contributed by atoms with Gasteiger partial charge in [-0.1, -0.05) is 24.3 Å². The molecule has 8 heteroatoms. The van der Waals surface area contributed by atoms with E-state index in [4.69, 9.17) is 4.74 Å². The Morgan fingerprint density at radius 2 is 1.82 bits per heavy atom. The van der Waals surface area contributed by atoms with Crippen LogP contribution >= 0.6 is 0 Å². The number of quaternary nitrogens is 2. The van der Waals surface area contributed by atoms with Crippen molar-refractivity contribution < 1.29 is 40.7 Å². The van der Waals surface area contributed by atoms with Crippen LogP contribution in [0.3, 0.4) is 0 Å². The average molecular weight is 448 g/mol. The molecule has 0 aliphatic carbocycles. The van der Waals surface area contributed by atoms with Crippen LogP contribution in [-0.4, -0.2) is 49.9 Å². The number of amides is 4. The van der Waals surface area contributed by atoms with Gasteiger partial charge in [0.15, 0.2) is 5.69 Å². The number of carbonyl (C=O) groups excluding carboxylic acids is 2. The number of halogens is 1. The molecule has 7 nitrogen and oxygen atoms in total. The second-order valence-corrected chi connectivity index (χ2v) is 7.36. The lowest BCUT2D eigenvalue weighted by Gasteiger charge is -2.37. The maximum atomic E-state index is 12.6. The van der Waals surface area contributed by atoms with Gasteiger partial charge in [-0.05, 0) is 18.2 Å². The number of rotatable bonds is 3. The van der Waals surface area contributed by atoms with Crippen LogP contribution in [0.4, 0.5) is 26.7 Å². The van der Waals surface area contributed by atoms with Gasteiger partial charge in [-0.15, -0.1) is 4.90 Å². The molecule has 0 radical (unpaired) electrons. The van der Waals surface area contributed by atoms with E-state index in [-0.39, 0.29) is 27.9 Å². The lowest BCUT2D eigenvalue weighted by atomic mass is 10.1. The predicted molar refractivity (Wildman–Crippen MR) is 102 cm³/mol. The number of para-hydroxylation sites is 2. The largest absolute Gasteiger partial charge is 1.00 e. The summed E-state index contributed by atoms with van der Waals surface area (Å²) in [6, 6.07) is 14.3. The molecule has 1 atom stereocenters. The SMILES string of the molecule is C[N+]1(Cc2ccc(NC(=O)[NH+]3C(=O)Nc4ccccc43)cc2)CCOCC1.[Br-]. The minimum Gasteiger partial charge on any atom is -1.00 e. The molecule has 1 unspecified atom stereocenters. The number of benzene rings is 2. The zero-order valence-electron chi connectivity index (χ0n) is 15.7. The first kappa shape index (κ1) is 20.5. The zero-order valence-corrected chi connectivity index (χ0v) is 17.3. The number of nitrogens with one attached hydrogen (secondary N) is 3. The van der Waals surface area contributed by atoms with E-state index in [0.29, 0.717) is 17.1 Å². The lowest BCUT2D eigenvalue weighted by Crippen LogP contribution is -3.12. The van der Waals surface area contributed by atoms with Gasteiger partial charge in [0.25, 0.3) is 0 Å². The van der Waals surface area contributed by atoms with Gasteiger partial charge in [0.2, 0.25) is 0 Å². The van der Waals surface area contributed by atoms with Crippen molar-refractivity contribution >= 4 is 29.1 Å². The summed E-state index contributed by atoms with van der Waals surface area (Å²) in [6.07, 6.45) is 0. The molecule has 2 heterocycles. The van der Waals surface area contributed by atoms with E-state index in [2.05, 4.69) is 17.7 Å². The number of ether oxygens (including phenoxy) is 1.